The third-order valence-electron chi connectivity index (χ3n) is 6.77. The second-order valence-corrected chi connectivity index (χ2v) is 7.85. The Balaban J connectivity index is 1.75. The van der Waals surface area contributed by atoms with Crippen molar-refractivity contribution in [2.24, 2.45) is 23.7 Å². The largest absolute Gasteiger partial charge is 0.469 e. The van der Waals surface area contributed by atoms with Gasteiger partial charge in [0.2, 0.25) is 0 Å². The molecule has 1 aliphatic heterocycles. The minimum absolute atomic E-state index is 0.0788. The predicted molar refractivity (Wildman–Crippen MR) is 90.2 cm³/mol. The number of fused-ring (bicyclic) bond motifs is 2. The zero-order valence-electron chi connectivity index (χ0n) is 15.0. The summed E-state index contributed by atoms with van der Waals surface area (Å²) in [6.07, 6.45) is 9.27. The number of esters is 1. The molecule has 4 heteroatoms. The maximum absolute atomic E-state index is 12.7. The number of carbonyl (C=O) groups is 1. The Bertz CT molecular complexity index is 526. The molecular formula is C20H30O4. The van der Waals surface area contributed by atoms with Crippen molar-refractivity contribution in [1.82, 2.24) is 0 Å². The molecule has 0 aromatic rings. The Kier molecular flexibility index (Phi) is 4.70. The van der Waals surface area contributed by atoms with Gasteiger partial charge in [0.05, 0.1) is 19.1 Å². The minimum atomic E-state index is -0.166. The van der Waals surface area contributed by atoms with E-state index in [2.05, 4.69) is 0 Å². The normalized spacial score (nSPS) is 41.4. The van der Waals surface area contributed by atoms with E-state index in [4.69, 9.17) is 14.2 Å². The molecule has 0 N–H and O–H groups in total. The molecule has 4 aliphatic rings. The predicted octanol–water partition coefficient (Wildman–Crippen LogP) is 3.84. The average molecular weight is 334 g/mol. The molecule has 0 unspecified atom stereocenters. The summed E-state index contributed by atoms with van der Waals surface area (Å²) in [4.78, 5) is 12.7. The van der Waals surface area contributed by atoms with Gasteiger partial charge in [-0.05, 0) is 62.4 Å². The van der Waals surface area contributed by atoms with Crippen molar-refractivity contribution < 1.29 is 19.0 Å². The summed E-state index contributed by atoms with van der Waals surface area (Å²) in [5.74, 6) is 1.31. The Morgan fingerprint density at radius 1 is 1.21 bits per heavy atom. The summed E-state index contributed by atoms with van der Waals surface area (Å²) >= 11 is 0. The van der Waals surface area contributed by atoms with Crippen LogP contribution in [0.3, 0.4) is 0 Å². The van der Waals surface area contributed by atoms with Crippen molar-refractivity contribution >= 4 is 5.97 Å². The van der Waals surface area contributed by atoms with Crippen molar-refractivity contribution in [3.8, 4) is 0 Å². The monoisotopic (exact) mass is 334 g/mol. The Morgan fingerprint density at radius 2 is 2.04 bits per heavy atom. The smallest absolute Gasteiger partial charge is 0.311 e. The summed E-state index contributed by atoms with van der Waals surface area (Å²) < 4.78 is 17.4. The number of carbonyl (C=O) groups excluding carboxylic acids is 1. The Hall–Kier alpha value is -0.870. The summed E-state index contributed by atoms with van der Waals surface area (Å²) in [6.45, 7) is 2.67. The van der Waals surface area contributed by atoms with Gasteiger partial charge >= 0.3 is 5.97 Å². The fourth-order valence-corrected chi connectivity index (χ4v) is 5.94. The number of allylic oxidation sites excluding steroid dienone is 1. The lowest BCUT2D eigenvalue weighted by atomic mass is 9.57. The standard InChI is InChI=1S/C20H30O4/c1-3-23-16-11-12-7-6-10-14-13-8-4-5-9-15(13)18(20(21)22-2)19(24-16)17(12)14/h12-13,15-16,18-19H,3-11H2,1-2H3/t12-,13+,15-,16-,18+,19-/m0/s1. The lowest BCUT2D eigenvalue weighted by molar-refractivity contribution is -0.212. The maximum atomic E-state index is 12.7. The fourth-order valence-electron chi connectivity index (χ4n) is 5.94. The van der Waals surface area contributed by atoms with E-state index in [1.165, 1.54) is 51.2 Å². The number of hydrogen-bond acceptors (Lipinski definition) is 4. The highest BCUT2D eigenvalue weighted by atomic mass is 16.7. The van der Waals surface area contributed by atoms with E-state index < -0.39 is 0 Å². The van der Waals surface area contributed by atoms with Gasteiger partial charge in [0.1, 0.15) is 0 Å². The van der Waals surface area contributed by atoms with E-state index in [0.29, 0.717) is 24.4 Å². The van der Waals surface area contributed by atoms with Gasteiger partial charge in [-0.15, -0.1) is 0 Å². The molecule has 2 fully saturated rings. The first kappa shape index (κ1) is 16.6. The van der Waals surface area contributed by atoms with E-state index in [-0.39, 0.29) is 24.3 Å². The number of hydrogen-bond donors (Lipinski definition) is 0. The van der Waals surface area contributed by atoms with E-state index in [1.807, 2.05) is 6.92 Å². The molecule has 0 aromatic heterocycles. The van der Waals surface area contributed by atoms with E-state index in [1.54, 1.807) is 5.57 Å². The van der Waals surface area contributed by atoms with Crippen LogP contribution >= 0.6 is 0 Å². The third-order valence-corrected chi connectivity index (χ3v) is 6.77. The zero-order valence-corrected chi connectivity index (χ0v) is 15.0. The minimum Gasteiger partial charge on any atom is -0.469 e. The van der Waals surface area contributed by atoms with Crippen LogP contribution < -0.4 is 0 Å². The van der Waals surface area contributed by atoms with E-state index in [9.17, 15) is 4.79 Å². The molecule has 0 radical (unpaired) electrons. The molecule has 1 saturated heterocycles. The summed E-state index contributed by atoms with van der Waals surface area (Å²) in [7, 11) is 1.52. The van der Waals surface area contributed by atoms with Crippen molar-refractivity contribution in [3.05, 3.63) is 11.1 Å². The van der Waals surface area contributed by atoms with Crippen molar-refractivity contribution in [2.45, 2.75) is 70.7 Å². The number of methoxy groups -OCH3 is 1. The van der Waals surface area contributed by atoms with Crippen LogP contribution in [-0.4, -0.2) is 32.1 Å². The van der Waals surface area contributed by atoms with Gasteiger partial charge in [0, 0.05) is 13.0 Å². The molecule has 1 saturated carbocycles. The zero-order chi connectivity index (χ0) is 16.7. The Morgan fingerprint density at radius 3 is 2.83 bits per heavy atom. The summed E-state index contributed by atoms with van der Waals surface area (Å²) in [6, 6.07) is 0. The van der Waals surface area contributed by atoms with Gasteiger partial charge in [-0.1, -0.05) is 18.4 Å². The van der Waals surface area contributed by atoms with Crippen LogP contribution in [0.15, 0.2) is 11.1 Å². The van der Waals surface area contributed by atoms with Gasteiger partial charge < -0.3 is 14.2 Å². The van der Waals surface area contributed by atoms with E-state index >= 15 is 0 Å². The number of ether oxygens (including phenoxy) is 3. The molecule has 4 nitrogen and oxygen atoms in total. The van der Waals surface area contributed by atoms with Crippen molar-refractivity contribution in [1.29, 1.82) is 0 Å². The van der Waals surface area contributed by atoms with Crippen LogP contribution in [0.4, 0.5) is 0 Å². The van der Waals surface area contributed by atoms with Crippen molar-refractivity contribution in [3.63, 3.8) is 0 Å². The molecule has 24 heavy (non-hydrogen) atoms. The average Bonchev–Trinajstić information content (AvgIpc) is 2.62. The molecule has 0 aromatic carbocycles. The lowest BCUT2D eigenvalue weighted by Gasteiger charge is -2.52. The molecule has 3 aliphatic carbocycles. The molecule has 134 valence electrons. The highest BCUT2D eigenvalue weighted by Crippen LogP contribution is 2.55. The molecule has 0 amide bonds. The van der Waals surface area contributed by atoms with Crippen LogP contribution in [0.25, 0.3) is 0 Å². The maximum Gasteiger partial charge on any atom is 0.311 e. The topological polar surface area (TPSA) is 44.8 Å². The lowest BCUT2D eigenvalue weighted by Crippen LogP contribution is -2.53. The van der Waals surface area contributed by atoms with Gasteiger partial charge in [0.15, 0.2) is 6.29 Å². The Labute approximate surface area is 144 Å². The van der Waals surface area contributed by atoms with Crippen LogP contribution in [0.2, 0.25) is 0 Å². The first-order chi connectivity index (χ1) is 11.7. The van der Waals surface area contributed by atoms with Crippen LogP contribution in [0.5, 0.6) is 0 Å². The quantitative estimate of drug-likeness (QED) is 0.581. The molecule has 6 atom stereocenters. The molecule has 0 spiro atoms. The van der Waals surface area contributed by atoms with Crippen LogP contribution in [0, 0.1) is 23.7 Å². The van der Waals surface area contributed by atoms with Gasteiger partial charge in [-0.25, -0.2) is 0 Å². The van der Waals surface area contributed by atoms with Gasteiger partial charge in [-0.3, -0.25) is 4.79 Å². The number of rotatable bonds is 3. The second kappa shape index (κ2) is 6.80. The molecule has 0 bridgehead atoms. The summed E-state index contributed by atoms with van der Waals surface area (Å²) in [5.41, 5.74) is 3.12. The SMILES string of the molecule is CCO[C@@H]1C[C@@H]2CCCC3=C2[C@H](O1)[C@H](C(=O)OC)[C@H]1CCCC[C@H]31. The van der Waals surface area contributed by atoms with Gasteiger partial charge in [-0.2, -0.15) is 0 Å². The highest BCUT2D eigenvalue weighted by molar-refractivity contribution is 5.75. The molecule has 4 rings (SSSR count). The first-order valence-electron chi connectivity index (χ1n) is 9.82. The third kappa shape index (κ3) is 2.62. The van der Waals surface area contributed by atoms with Crippen molar-refractivity contribution in [2.75, 3.05) is 13.7 Å². The van der Waals surface area contributed by atoms with Crippen LogP contribution in [0.1, 0.15) is 58.3 Å². The van der Waals surface area contributed by atoms with E-state index in [0.717, 1.165) is 12.8 Å². The highest BCUT2D eigenvalue weighted by Gasteiger charge is 2.53. The fraction of sp³-hybridized carbons (Fsp3) is 0.850. The van der Waals surface area contributed by atoms with Crippen LogP contribution in [-0.2, 0) is 19.0 Å². The molecular weight excluding hydrogens is 304 g/mol. The first-order valence-corrected chi connectivity index (χ1v) is 9.82. The molecule has 1 heterocycles. The second-order valence-electron chi connectivity index (χ2n) is 7.85. The summed E-state index contributed by atoms with van der Waals surface area (Å²) in [5, 5.41) is 0. The van der Waals surface area contributed by atoms with Gasteiger partial charge in [0.25, 0.3) is 0 Å².